The van der Waals surface area contributed by atoms with Crippen LogP contribution in [-0.2, 0) is 12.8 Å². The first-order valence-corrected chi connectivity index (χ1v) is 4.49. The van der Waals surface area contributed by atoms with Gasteiger partial charge in [-0.1, -0.05) is 12.1 Å². The fourth-order valence-corrected chi connectivity index (χ4v) is 1.92. The molecule has 0 heterocycles. The lowest BCUT2D eigenvalue weighted by Gasteiger charge is -2.18. The van der Waals surface area contributed by atoms with Gasteiger partial charge in [0.15, 0.2) is 0 Å². The monoisotopic (exact) mass is 198 g/mol. The number of halogens is 1. The molecule has 0 spiro atoms. The van der Waals surface area contributed by atoms with Gasteiger partial charge < -0.3 is 5.43 Å². The van der Waals surface area contributed by atoms with Crippen LogP contribution in [0.5, 0.6) is 0 Å². The van der Waals surface area contributed by atoms with Crippen LogP contribution in [0.25, 0.3) is 0 Å². The van der Waals surface area contributed by atoms with Crippen molar-refractivity contribution in [1.29, 1.82) is 0 Å². The van der Waals surface area contributed by atoms with Crippen LogP contribution in [0, 0.1) is 0 Å². The van der Waals surface area contributed by atoms with Crippen LogP contribution < -0.4 is 11.3 Å². The summed E-state index contributed by atoms with van der Waals surface area (Å²) in [6, 6.07) is 6.32. The first-order valence-electron chi connectivity index (χ1n) is 4.49. The van der Waals surface area contributed by atoms with E-state index in [1.165, 1.54) is 36.8 Å². The van der Waals surface area contributed by atoms with E-state index in [2.05, 4.69) is 17.6 Å². The second kappa shape index (κ2) is 4.49. The maximum atomic E-state index is 5.42. The van der Waals surface area contributed by atoms with Gasteiger partial charge >= 0.3 is 0 Å². The molecule has 3 N–H and O–H groups in total. The molecule has 0 unspecified atom stereocenters. The zero-order valence-corrected chi connectivity index (χ0v) is 8.36. The molecule has 0 amide bonds. The van der Waals surface area contributed by atoms with Crippen molar-refractivity contribution >= 4 is 18.1 Å². The van der Waals surface area contributed by atoms with E-state index in [0.29, 0.717) is 0 Å². The molecule has 0 fully saturated rings. The number of nitrogens with one attached hydrogen (secondary N) is 1. The molecule has 0 saturated carbocycles. The van der Waals surface area contributed by atoms with E-state index in [1.807, 2.05) is 6.07 Å². The van der Waals surface area contributed by atoms with Gasteiger partial charge in [0.1, 0.15) is 0 Å². The molecule has 0 aromatic heterocycles. The van der Waals surface area contributed by atoms with Crippen molar-refractivity contribution in [3.8, 4) is 0 Å². The molecular formula is C10H15ClN2. The molecule has 0 radical (unpaired) electrons. The highest BCUT2D eigenvalue weighted by Crippen LogP contribution is 2.26. The number of nitrogen functional groups attached to an aromatic ring is 1. The highest BCUT2D eigenvalue weighted by molar-refractivity contribution is 5.85. The molecule has 0 atom stereocenters. The second-order valence-corrected chi connectivity index (χ2v) is 3.29. The highest BCUT2D eigenvalue weighted by atomic mass is 35.5. The molecule has 3 heteroatoms. The zero-order valence-electron chi connectivity index (χ0n) is 7.55. The molecular weight excluding hydrogens is 184 g/mol. The summed E-state index contributed by atoms with van der Waals surface area (Å²) in [6.07, 6.45) is 5.01. The predicted molar refractivity (Wildman–Crippen MR) is 58.1 cm³/mol. The van der Waals surface area contributed by atoms with Gasteiger partial charge in [0.05, 0.1) is 5.69 Å². The number of anilines is 1. The molecule has 1 aromatic carbocycles. The number of hydrogen-bond acceptors (Lipinski definition) is 2. The normalized spacial score (nSPS) is 14.2. The molecule has 1 aliphatic carbocycles. The lowest BCUT2D eigenvalue weighted by molar-refractivity contribution is 0.686. The molecule has 0 bridgehead atoms. The Morgan fingerprint density at radius 1 is 1.15 bits per heavy atom. The summed E-state index contributed by atoms with van der Waals surface area (Å²) in [6.45, 7) is 0. The number of nitrogens with two attached hydrogens (primary N) is 1. The van der Waals surface area contributed by atoms with Gasteiger partial charge in [0, 0.05) is 0 Å². The summed E-state index contributed by atoms with van der Waals surface area (Å²) in [7, 11) is 0. The molecule has 13 heavy (non-hydrogen) atoms. The van der Waals surface area contributed by atoms with Gasteiger partial charge in [0.25, 0.3) is 0 Å². The highest BCUT2D eigenvalue weighted by Gasteiger charge is 2.11. The Kier molecular flexibility index (Phi) is 3.58. The average molecular weight is 199 g/mol. The number of hydrazine groups is 1. The standard InChI is InChI=1S/C10H14N2.ClH/c11-12-10-7-3-5-8-4-1-2-6-9(8)10;/h3,5,7,12H,1-2,4,6,11H2;1H. The molecule has 2 rings (SSSR count). The Bertz CT molecular complexity index is 272. The zero-order chi connectivity index (χ0) is 8.39. The number of rotatable bonds is 1. The molecule has 1 aromatic rings. The largest absolute Gasteiger partial charge is 0.324 e. The topological polar surface area (TPSA) is 38.0 Å². The Labute approximate surface area is 84.9 Å². The van der Waals surface area contributed by atoms with Crippen molar-refractivity contribution in [2.24, 2.45) is 5.84 Å². The third kappa shape index (κ3) is 1.95. The summed E-state index contributed by atoms with van der Waals surface area (Å²) < 4.78 is 0. The van der Waals surface area contributed by atoms with Gasteiger partial charge in [-0.3, -0.25) is 5.84 Å². The summed E-state index contributed by atoms with van der Waals surface area (Å²) in [5, 5.41) is 0. The molecule has 1 aliphatic rings. The number of hydrogen-bond donors (Lipinski definition) is 2. The lowest BCUT2D eigenvalue weighted by Crippen LogP contribution is -2.12. The van der Waals surface area contributed by atoms with Crippen LogP contribution in [-0.4, -0.2) is 0 Å². The van der Waals surface area contributed by atoms with E-state index in [4.69, 9.17) is 5.84 Å². The van der Waals surface area contributed by atoms with Gasteiger partial charge in [-0.25, -0.2) is 0 Å². The van der Waals surface area contributed by atoms with E-state index in [1.54, 1.807) is 0 Å². The first-order chi connectivity index (χ1) is 5.92. The maximum absolute atomic E-state index is 5.42. The van der Waals surface area contributed by atoms with Crippen molar-refractivity contribution in [3.63, 3.8) is 0 Å². The fraction of sp³-hybridized carbons (Fsp3) is 0.400. The second-order valence-electron chi connectivity index (χ2n) is 3.29. The van der Waals surface area contributed by atoms with Gasteiger partial charge in [-0.05, 0) is 42.9 Å². The summed E-state index contributed by atoms with van der Waals surface area (Å²) in [4.78, 5) is 0. The van der Waals surface area contributed by atoms with Crippen LogP contribution >= 0.6 is 12.4 Å². The van der Waals surface area contributed by atoms with E-state index in [-0.39, 0.29) is 12.4 Å². The Hall–Kier alpha value is -0.730. The third-order valence-corrected chi connectivity index (χ3v) is 2.55. The minimum atomic E-state index is 0. The summed E-state index contributed by atoms with van der Waals surface area (Å²) in [5.41, 5.74) is 6.75. The minimum Gasteiger partial charge on any atom is -0.324 e. The van der Waals surface area contributed by atoms with Crippen LogP contribution in [0.1, 0.15) is 24.0 Å². The van der Waals surface area contributed by atoms with E-state index in [0.717, 1.165) is 5.69 Å². The Morgan fingerprint density at radius 2 is 1.92 bits per heavy atom. The quantitative estimate of drug-likeness (QED) is 0.537. The van der Waals surface area contributed by atoms with Crippen molar-refractivity contribution in [2.45, 2.75) is 25.7 Å². The molecule has 2 nitrogen and oxygen atoms in total. The van der Waals surface area contributed by atoms with Crippen molar-refractivity contribution < 1.29 is 0 Å². The van der Waals surface area contributed by atoms with Crippen molar-refractivity contribution in [3.05, 3.63) is 29.3 Å². The van der Waals surface area contributed by atoms with E-state index in [9.17, 15) is 0 Å². The van der Waals surface area contributed by atoms with Crippen LogP contribution in [0.4, 0.5) is 5.69 Å². The van der Waals surface area contributed by atoms with Crippen LogP contribution in [0.15, 0.2) is 18.2 Å². The van der Waals surface area contributed by atoms with Crippen molar-refractivity contribution in [1.82, 2.24) is 0 Å². The molecule has 0 saturated heterocycles. The lowest BCUT2D eigenvalue weighted by atomic mass is 9.91. The minimum absolute atomic E-state index is 0. The number of aryl methyl sites for hydroxylation is 1. The Morgan fingerprint density at radius 3 is 2.69 bits per heavy atom. The average Bonchev–Trinajstić information content (AvgIpc) is 2.17. The fourth-order valence-electron chi connectivity index (χ4n) is 1.92. The maximum Gasteiger partial charge on any atom is 0.0519 e. The number of fused-ring (bicyclic) bond motifs is 1. The van der Waals surface area contributed by atoms with E-state index >= 15 is 0 Å². The van der Waals surface area contributed by atoms with Crippen molar-refractivity contribution in [2.75, 3.05) is 5.43 Å². The van der Waals surface area contributed by atoms with Crippen LogP contribution in [0.2, 0.25) is 0 Å². The SMILES string of the molecule is Cl.NNc1cccc2c1CCCC2. The smallest absolute Gasteiger partial charge is 0.0519 e. The van der Waals surface area contributed by atoms with E-state index < -0.39 is 0 Å². The van der Waals surface area contributed by atoms with Crippen LogP contribution in [0.3, 0.4) is 0 Å². The van der Waals surface area contributed by atoms with Gasteiger partial charge in [-0.15, -0.1) is 12.4 Å². The summed E-state index contributed by atoms with van der Waals surface area (Å²) in [5.74, 6) is 5.42. The first kappa shape index (κ1) is 10.4. The molecule has 0 aliphatic heterocycles. The van der Waals surface area contributed by atoms with Gasteiger partial charge in [0.2, 0.25) is 0 Å². The Balaban J connectivity index is 0.000000845. The van der Waals surface area contributed by atoms with Gasteiger partial charge in [-0.2, -0.15) is 0 Å². The summed E-state index contributed by atoms with van der Waals surface area (Å²) >= 11 is 0. The molecule has 72 valence electrons. The predicted octanol–water partition coefficient (Wildman–Crippen LogP) is 2.27. The number of benzene rings is 1. The third-order valence-electron chi connectivity index (χ3n) is 2.55.